The van der Waals surface area contributed by atoms with Crippen LogP contribution in [-0.4, -0.2) is 33.3 Å². The molecule has 0 saturated heterocycles. The summed E-state index contributed by atoms with van der Waals surface area (Å²) >= 11 is 0. The molecule has 0 radical (unpaired) electrons. The third kappa shape index (κ3) is 3.57. The SMILES string of the molecule is COCCCc1cn2nc(Nc3cccc(C)c3)nc2c(N)n1. The van der Waals surface area contributed by atoms with Gasteiger partial charge < -0.3 is 15.8 Å². The molecule has 3 aromatic rings. The van der Waals surface area contributed by atoms with E-state index in [4.69, 9.17) is 10.5 Å². The van der Waals surface area contributed by atoms with Crippen LogP contribution in [0.15, 0.2) is 30.5 Å². The van der Waals surface area contributed by atoms with Crippen molar-refractivity contribution >= 4 is 23.1 Å². The van der Waals surface area contributed by atoms with Gasteiger partial charge in [0, 0.05) is 19.4 Å². The van der Waals surface area contributed by atoms with Crippen molar-refractivity contribution in [2.75, 3.05) is 24.8 Å². The maximum absolute atomic E-state index is 6.00. The van der Waals surface area contributed by atoms with Crippen molar-refractivity contribution in [2.24, 2.45) is 0 Å². The van der Waals surface area contributed by atoms with Gasteiger partial charge in [-0.15, -0.1) is 5.10 Å². The summed E-state index contributed by atoms with van der Waals surface area (Å²) in [6.45, 7) is 2.73. The lowest BCUT2D eigenvalue weighted by Crippen LogP contribution is -2.03. The van der Waals surface area contributed by atoms with Crippen LogP contribution in [0.5, 0.6) is 0 Å². The second-order valence-electron chi connectivity index (χ2n) is 5.41. The maximum atomic E-state index is 6.00. The van der Waals surface area contributed by atoms with Crippen LogP contribution in [0, 0.1) is 6.92 Å². The molecule has 0 amide bonds. The molecule has 120 valence electrons. The Kier molecular flexibility index (Phi) is 4.38. The first-order chi connectivity index (χ1) is 11.2. The number of nitrogens with one attached hydrogen (secondary N) is 1. The molecule has 0 atom stereocenters. The van der Waals surface area contributed by atoms with E-state index in [-0.39, 0.29) is 0 Å². The van der Waals surface area contributed by atoms with Gasteiger partial charge in [0.25, 0.3) is 0 Å². The van der Waals surface area contributed by atoms with Crippen molar-refractivity contribution in [3.63, 3.8) is 0 Å². The number of hydrogen-bond donors (Lipinski definition) is 2. The highest BCUT2D eigenvalue weighted by atomic mass is 16.5. The zero-order chi connectivity index (χ0) is 16.2. The van der Waals surface area contributed by atoms with Gasteiger partial charge in [0.15, 0.2) is 11.5 Å². The van der Waals surface area contributed by atoms with Crippen LogP contribution in [0.25, 0.3) is 5.65 Å². The molecule has 0 unspecified atom stereocenters. The highest BCUT2D eigenvalue weighted by Gasteiger charge is 2.10. The average Bonchev–Trinajstić information content (AvgIpc) is 2.90. The topological polar surface area (TPSA) is 90.4 Å². The summed E-state index contributed by atoms with van der Waals surface area (Å²) in [5.74, 6) is 0.878. The third-order valence-corrected chi connectivity index (χ3v) is 3.45. The second-order valence-corrected chi connectivity index (χ2v) is 5.41. The van der Waals surface area contributed by atoms with Gasteiger partial charge in [0.2, 0.25) is 5.95 Å². The van der Waals surface area contributed by atoms with E-state index in [1.807, 2.05) is 37.4 Å². The van der Waals surface area contributed by atoms with Crippen molar-refractivity contribution in [3.05, 3.63) is 41.7 Å². The molecule has 0 spiro atoms. The van der Waals surface area contributed by atoms with Gasteiger partial charge in [-0.2, -0.15) is 4.98 Å². The molecule has 3 rings (SSSR count). The molecule has 7 nitrogen and oxygen atoms in total. The molecule has 3 N–H and O–H groups in total. The highest BCUT2D eigenvalue weighted by Crippen LogP contribution is 2.18. The summed E-state index contributed by atoms with van der Waals surface area (Å²) < 4.78 is 6.73. The molecule has 0 bridgehead atoms. The third-order valence-electron chi connectivity index (χ3n) is 3.45. The van der Waals surface area contributed by atoms with Gasteiger partial charge in [-0.3, -0.25) is 0 Å². The van der Waals surface area contributed by atoms with Crippen molar-refractivity contribution in [3.8, 4) is 0 Å². The fraction of sp³-hybridized carbons (Fsp3) is 0.312. The van der Waals surface area contributed by atoms with E-state index in [9.17, 15) is 0 Å². The molecule has 0 aliphatic carbocycles. The number of fused-ring (bicyclic) bond motifs is 1. The predicted octanol–water partition coefficient (Wildman–Crippen LogP) is 2.34. The first-order valence-electron chi connectivity index (χ1n) is 7.50. The van der Waals surface area contributed by atoms with Crippen molar-refractivity contribution < 1.29 is 4.74 Å². The number of hydrogen-bond acceptors (Lipinski definition) is 6. The molecule has 2 heterocycles. The molecule has 0 aliphatic rings. The zero-order valence-electron chi connectivity index (χ0n) is 13.3. The molecule has 2 aromatic heterocycles. The summed E-state index contributed by atoms with van der Waals surface area (Å²) in [5, 5.41) is 7.62. The number of methoxy groups -OCH3 is 1. The lowest BCUT2D eigenvalue weighted by molar-refractivity contribution is 0.195. The van der Waals surface area contributed by atoms with E-state index in [0.29, 0.717) is 24.0 Å². The molecule has 23 heavy (non-hydrogen) atoms. The molecule has 0 aliphatic heterocycles. The molecular formula is C16H20N6O. The van der Waals surface area contributed by atoms with Gasteiger partial charge in [-0.05, 0) is 37.5 Å². The van der Waals surface area contributed by atoms with Crippen LogP contribution in [0.4, 0.5) is 17.5 Å². The average molecular weight is 312 g/mol. The van der Waals surface area contributed by atoms with E-state index in [0.717, 1.165) is 24.2 Å². The lowest BCUT2D eigenvalue weighted by Gasteiger charge is -2.02. The largest absolute Gasteiger partial charge is 0.385 e. The minimum atomic E-state index is 0.379. The van der Waals surface area contributed by atoms with E-state index < -0.39 is 0 Å². The number of benzene rings is 1. The van der Waals surface area contributed by atoms with E-state index in [2.05, 4.69) is 20.4 Å². The van der Waals surface area contributed by atoms with E-state index in [1.54, 1.807) is 11.6 Å². The Bertz CT molecular complexity index is 813. The Morgan fingerprint density at radius 3 is 2.96 bits per heavy atom. The number of nitrogens with zero attached hydrogens (tertiary/aromatic N) is 4. The smallest absolute Gasteiger partial charge is 0.247 e. The number of anilines is 3. The van der Waals surface area contributed by atoms with E-state index in [1.165, 1.54) is 5.56 Å². The highest BCUT2D eigenvalue weighted by molar-refractivity contribution is 5.63. The summed E-state index contributed by atoms with van der Waals surface area (Å²) in [6.07, 6.45) is 3.53. The summed E-state index contributed by atoms with van der Waals surface area (Å²) in [6, 6.07) is 8.02. The van der Waals surface area contributed by atoms with Crippen molar-refractivity contribution in [1.29, 1.82) is 0 Å². The zero-order valence-corrected chi connectivity index (χ0v) is 13.3. The predicted molar refractivity (Wildman–Crippen MR) is 89.9 cm³/mol. The van der Waals surface area contributed by atoms with Gasteiger partial charge >= 0.3 is 0 Å². The van der Waals surface area contributed by atoms with Crippen molar-refractivity contribution in [1.82, 2.24) is 19.6 Å². The Morgan fingerprint density at radius 1 is 1.30 bits per heavy atom. The minimum absolute atomic E-state index is 0.379. The van der Waals surface area contributed by atoms with E-state index >= 15 is 0 Å². The number of nitrogens with two attached hydrogens (primary N) is 1. The number of aromatic nitrogens is 4. The molecule has 7 heteroatoms. The van der Waals surface area contributed by atoms with Crippen LogP contribution in [0.2, 0.25) is 0 Å². The minimum Gasteiger partial charge on any atom is -0.385 e. The Hall–Kier alpha value is -2.67. The molecular weight excluding hydrogens is 292 g/mol. The Labute approximate surface area is 134 Å². The number of aryl methyl sites for hydroxylation is 2. The Balaban J connectivity index is 1.84. The summed E-state index contributed by atoms with van der Waals surface area (Å²) in [7, 11) is 1.69. The molecule has 0 saturated carbocycles. The van der Waals surface area contributed by atoms with Gasteiger partial charge in [0.1, 0.15) is 0 Å². The number of rotatable bonds is 6. The fourth-order valence-corrected chi connectivity index (χ4v) is 2.39. The quantitative estimate of drug-likeness (QED) is 0.679. The first-order valence-corrected chi connectivity index (χ1v) is 7.50. The van der Waals surface area contributed by atoms with Gasteiger partial charge in [-0.1, -0.05) is 12.1 Å². The van der Waals surface area contributed by atoms with Crippen LogP contribution in [0.1, 0.15) is 17.7 Å². The maximum Gasteiger partial charge on any atom is 0.247 e. The van der Waals surface area contributed by atoms with Crippen LogP contribution >= 0.6 is 0 Å². The van der Waals surface area contributed by atoms with Crippen molar-refractivity contribution in [2.45, 2.75) is 19.8 Å². The normalized spacial score (nSPS) is 11.0. The fourth-order valence-electron chi connectivity index (χ4n) is 2.39. The second kappa shape index (κ2) is 6.62. The molecule has 1 aromatic carbocycles. The summed E-state index contributed by atoms with van der Waals surface area (Å²) in [5.41, 5.74) is 9.53. The van der Waals surface area contributed by atoms with Crippen LogP contribution in [0.3, 0.4) is 0 Å². The standard InChI is InChI=1S/C16H20N6O/c1-11-5-3-6-12(9-11)19-16-20-15-14(17)18-13(7-4-8-23-2)10-22(15)21-16/h3,5-6,9-10H,4,7-8H2,1-2H3,(H2,17,18)(H,19,21). The van der Waals surface area contributed by atoms with Crippen LogP contribution in [-0.2, 0) is 11.2 Å². The lowest BCUT2D eigenvalue weighted by atomic mass is 10.2. The van der Waals surface area contributed by atoms with Gasteiger partial charge in [0.05, 0.1) is 11.9 Å². The summed E-state index contributed by atoms with van der Waals surface area (Å²) in [4.78, 5) is 8.78. The van der Waals surface area contributed by atoms with Crippen LogP contribution < -0.4 is 11.1 Å². The Morgan fingerprint density at radius 2 is 2.17 bits per heavy atom. The monoisotopic (exact) mass is 312 g/mol. The van der Waals surface area contributed by atoms with Gasteiger partial charge in [-0.25, -0.2) is 9.50 Å². The number of nitrogen functional groups attached to an aromatic ring is 1. The number of ether oxygens (including phenoxy) is 1. The molecule has 0 fully saturated rings. The first kappa shape index (κ1) is 15.2.